The first-order valence-electron chi connectivity index (χ1n) is 6.36. The molecular weight excluding hydrogens is 292 g/mol. The van der Waals surface area contributed by atoms with Crippen molar-refractivity contribution in [2.45, 2.75) is 44.2 Å². The molecule has 0 radical (unpaired) electrons. The average molecular weight is 311 g/mol. The van der Waals surface area contributed by atoms with Gasteiger partial charge in [0.25, 0.3) is 0 Å². The van der Waals surface area contributed by atoms with Crippen LogP contribution < -0.4 is 11.1 Å². The molecule has 0 heterocycles. The molecule has 1 fully saturated rings. The van der Waals surface area contributed by atoms with E-state index in [4.69, 9.17) is 5.73 Å². The maximum absolute atomic E-state index is 12.2. The summed E-state index contributed by atoms with van der Waals surface area (Å²) in [7, 11) is 0. The zero-order valence-electron chi connectivity index (χ0n) is 10.6. The van der Waals surface area contributed by atoms with E-state index in [0.717, 1.165) is 35.7 Å². The molecule has 2 rings (SSSR count). The van der Waals surface area contributed by atoms with Crippen LogP contribution in [0.1, 0.15) is 44.2 Å². The second kappa shape index (κ2) is 5.41. The summed E-state index contributed by atoms with van der Waals surface area (Å²) < 4.78 is 1.04. The Morgan fingerprint density at radius 1 is 1.33 bits per heavy atom. The van der Waals surface area contributed by atoms with Crippen LogP contribution in [0, 0.1) is 0 Å². The number of halogens is 1. The van der Waals surface area contributed by atoms with Crippen LogP contribution in [0.3, 0.4) is 0 Å². The van der Waals surface area contributed by atoms with E-state index in [0.29, 0.717) is 0 Å². The van der Waals surface area contributed by atoms with Crippen molar-refractivity contribution in [3.05, 3.63) is 34.3 Å². The Balaban J connectivity index is 2.00. The van der Waals surface area contributed by atoms with Crippen molar-refractivity contribution in [2.24, 2.45) is 5.73 Å². The lowest BCUT2D eigenvalue weighted by molar-refractivity contribution is -0.126. The summed E-state index contributed by atoms with van der Waals surface area (Å²) >= 11 is 3.40. The van der Waals surface area contributed by atoms with Crippen molar-refractivity contribution >= 4 is 21.8 Å². The smallest absolute Gasteiger partial charge is 0.240 e. The highest BCUT2D eigenvalue weighted by molar-refractivity contribution is 9.10. The Labute approximate surface area is 116 Å². The molecule has 1 aromatic rings. The second-order valence-corrected chi connectivity index (χ2v) is 6.03. The summed E-state index contributed by atoms with van der Waals surface area (Å²) in [5.74, 6) is -0.0181. The maximum Gasteiger partial charge on any atom is 0.240 e. The maximum atomic E-state index is 12.2. The molecule has 1 aliphatic rings. The van der Waals surface area contributed by atoms with Crippen molar-refractivity contribution in [1.29, 1.82) is 0 Å². The Morgan fingerprint density at radius 3 is 2.44 bits per heavy atom. The Hall–Kier alpha value is -0.870. The van der Waals surface area contributed by atoms with Crippen molar-refractivity contribution < 1.29 is 4.79 Å². The highest BCUT2D eigenvalue weighted by Crippen LogP contribution is 2.28. The quantitative estimate of drug-likeness (QED) is 0.902. The van der Waals surface area contributed by atoms with E-state index in [1.165, 1.54) is 0 Å². The molecule has 0 bridgehead atoms. The molecule has 1 aromatic carbocycles. The van der Waals surface area contributed by atoms with Crippen molar-refractivity contribution in [3.63, 3.8) is 0 Å². The second-order valence-electron chi connectivity index (χ2n) is 5.11. The molecule has 98 valence electrons. The van der Waals surface area contributed by atoms with E-state index in [-0.39, 0.29) is 11.9 Å². The predicted octanol–water partition coefficient (Wildman–Crippen LogP) is 2.90. The Bertz CT molecular complexity index is 424. The topological polar surface area (TPSA) is 55.1 Å². The number of hydrogen-bond donors (Lipinski definition) is 2. The van der Waals surface area contributed by atoms with Crippen LogP contribution in [0.25, 0.3) is 0 Å². The first kappa shape index (κ1) is 13.6. The molecule has 1 atom stereocenters. The summed E-state index contributed by atoms with van der Waals surface area (Å²) in [5.41, 5.74) is 6.58. The molecule has 1 aliphatic carbocycles. The van der Waals surface area contributed by atoms with Gasteiger partial charge >= 0.3 is 0 Å². The van der Waals surface area contributed by atoms with Gasteiger partial charge in [-0.3, -0.25) is 4.79 Å². The third-order valence-corrected chi connectivity index (χ3v) is 4.19. The molecule has 3 nitrogen and oxygen atoms in total. The van der Waals surface area contributed by atoms with Crippen LogP contribution in [-0.4, -0.2) is 11.4 Å². The first-order chi connectivity index (χ1) is 8.51. The van der Waals surface area contributed by atoms with E-state index in [1.54, 1.807) is 0 Å². The summed E-state index contributed by atoms with van der Waals surface area (Å²) in [4.78, 5) is 12.2. The van der Waals surface area contributed by atoms with Gasteiger partial charge in [-0.25, -0.2) is 0 Å². The average Bonchev–Trinajstić information content (AvgIpc) is 2.78. The molecule has 0 saturated heterocycles. The zero-order chi connectivity index (χ0) is 13.2. The highest BCUT2D eigenvalue weighted by atomic mass is 79.9. The van der Waals surface area contributed by atoms with E-state index < -0.39 is 5.54 Å². The van der Waals surface area contributed by atoms with Gasteiger partial charge in [0.15, 0.2) is 0 Å². The minimum Gasteiger partial charge on any atom is -0.348 e. The summed E-state index contributed by atoms with van der Waals surface area (Å²) in [6.07, 6.45) is 3.70. The van der Waals surface area contributed by atoms with Crippen LogP contribution in [0.15, 0.2) is 28.7 Å². The SMILES string of the molecule is CC(NC(=O)C1(N)CCCC1)c1ccc(Br)cc1. The molecule has 1 saturated carbocycles. The van der Waals surface area contributed by atoms with Gasteiger partial charge in [-0.15, -0.1) is 0 Å². The number of nitrogens with two attached hydrogens (primary N) is 1. The molecule has 18 heavy (non-hydrogen) atoms. The number of carbonyl (C=O) groups excluding carboxylic acids is 1. The van der Waals surface area contributed by atoms with Gasteiger partial charge in [0, 0.05) is 4.47 Å². The summed E-state index contributed by atoms with van der Waals surface area (Å²) in [6, 6.07) is 7.96. The number of carbonyl (C=O) groups is 1. The lowest BCUT2D eigenvalue weighted by Gasteiger charge is -2.25. The van der Waals surface area contributed by atoms with Crippen LogP contribution >= 0.6 is 15.9 Å². The Morgan fingerprint density at radius 2 is 1.89 bits per heavy atom. The van der Waals surface area contributed by atoms with Crippen molar-refractivity contribution in [2.75, 3.05) is 0 Å². The molecule has 0 spiro atoms. The van der Waals surface area contributed by atoms with Crippen LogP contribution in [0.2, 0.25) is 0 Å². The van der Waals surface area contributed by atoms with E-state index >= 15 is 0 Å². The van der Waals surface area contributed by atoms with Crippen molar-refractivity contribution in [3.8, 4) is 0 Å². The highest BCUT2D eigenvalue weighted by Gasteiger charge is 2.37. The molecule has 1 amide bonds. The normalized spacial score (nSPS) is 19.5. The number of hydrogen-bond acceptors (Lipinski definition) is 2. The third kappa shape index (κ3) is 2.93. The molecule has 1 unspecified atom stereocenters. The largest absolute Gasteiger partial charge is 0.348 e. The van der Waals surface area contributed by atoms with E-state index in [9.17, 15) is 4.79 Å². The Kier molecular flexibility index (Phi) is 4.07. The predicted molar refractivity (Wildman–Crippen MR) is 76.1 cm³/mol. The fraction of sp³-hybridized carbons (Fsp3) is 0.500. The van der Waals surface area contributed by atoms with E-state index in [1.807, 2.05) is 31.2 Å². The first-order valence-corrected chi connectivity index (χ1v) is 7.16. The fourth-order valence-corrected chi connectivity index (χ4v) is 2.67. The lowest BCUT2D eigenvalue weighted by Crippen LogP contribution is -2.52. The third-order valence-electron chi connectivity index (χ3n) is 3.67. The number of rotatable bonds is 3. The summed E-state index contributed by atoms with van der Waals surface area (Å²) in [6.45, 7) is 1.99. The van der Waals surface area contributed by atoms with E-state index in [2.05, 4.69) is 21.2 Å². The fourth-order valence-electron chi connectivity index (χ4n) is 2.41. The van der Waals surface area contributed by atoms with Gasteiger partial charge in [-0.2, -0.15) is 0 Å². The van der Waals surface area contributed by atoms with Gasteiger partial charge in [0.1, 0.15) is 0 Å². The van der Waals surface area contributed by atoms with Crippen LogP contribution in [-0.2, 0) is 4.79 Å². The monoisotopic (exact) mass is 310 g/mol. The molecule has 0 aromatic heterocycles. The van der Waals surface area contributed by atoms with Crippen LogP contribution in [0.4, 0.5) is 0 Å². The molecule has 0 aliphatic heterocycles. The van der Waals surface area contributed by atoms with Crippen molar-refractivity contribution in [1.82, 2.24) is 5.32 Å². The van der Waals surface area contributed by atoms with Gasteiger partial charge in [-0.05, 0) is 37.5 Å². The van der Waals surface area contributed by atoms with Gasteiger partial charge in [0.05, 0.1) is 11.6 Å². The number of benzene rings is 1. The molecular formula is C14H19BrN2O. The van der Waals surface area contributed by atoms with Gasteiger partial charge < -0.3 is 11.1 Å². The number of nitrogens with one attached hydrogen (secondary N) is 1. The van der Waals surface area contributed by atoms with Crippen LogP contribution in [0.5, 0.6) is 0 Å². The zero-order valence-corrected chi connectivity index (χ0v) is 12.2. The minimum atomic E-state index is -0.649. The number of amides is 1. The molecule has 4 heteroatoms. The standard InChI is InChI=1S/C14H19BrN2O/c1-10(11-4-6-12(15)7-5-11)17-13(18)14(16)8-2-3-9-14/h4-7,10H,2-3,8-9,16H2,1H3,(H,17,18). The van der Waals surface area contributed by atoms with Gasteiger partial charge in [-0.1, -0.05) is 40.9 Å². The van der Waals surface area contributed by atoms with Gasteiger partial charge in [0.2, 0.25) is 5.91 Å². The molecule has 3 N–H and O–H groups in total. The summed E-state index contributed by atoms with van der Waals surface area (Å²) in [5, 5.41) is 3.02. The lowest BCUT2D eigenvalue weighted by atomic mass is 9.97. The minimum absolute atomic E-state index is 0.00775.